The van der Waals surface area contributed by atoms with E-state index in [1.807, 2.05) is 6.92 Å². The summed E-state index contributed by atoms with van der Waals surface area (Å²) in [6.45, 7) is 4.69. The van der Waals surface area contributed by atoms with Gasteiger partial charge in [-0.05, 0) is 32.4 Å². The molecule has 2 heterocycles. The summed E-state index contributed by atoms with van der Waals surface area (Å²) >= 11 is 1.24. The second kappa shape index (κ2) is 9.13. The van der Waals surface area contributed by atoms with Crippen LogP contribution in [0.1, 0.15) is 27.7 Å². The normalized spacial score (nSPS) is 10.3. The van der Waals surface area contributed by atoms with Crippen molar-refractivity contribution in [2.45, 2.75) is 27.3 Å². The van der Waals surface area contributed by atoms with Crippen molar-refractivity contribution >= 4 is 34.2 Å². The number of carbonyl (C=O) groups excluding carboxylic acids is 3. The Bertz CT molecular complexity index is 915. The standard InChI is InChI=1S/C18H20N2O6S/c1-4-25-18(24)16-11(2)12(3)27-17(16)19-13(21)10-26-15(23)9-20-8-6-5-7-14(20)22/h5-8H,4,9-10H2,1-3H3,(H,19,21). The fourth-order valence-corrected chi connectivity index (χ4v) is 3.31. The van der Waals surface area contributed by atoms with Crippen LogP contribution in [0.15, 0.2) is 29.2 Å². The maximum Gasteiger partial charge on any atom is 0.341 e. The zero-order chi connectivity index (χ0) is 20.0. The smallest absolute Gasteiger partial charge is 0.341 e. The van der Waals surface area contributed by atoms with Crippen LogP contribution in [0.25, 0.3) is 0 Å². The number of rotatable bonds is 7. The minimum Gasteiger partial charge on any atom is -0.462 e. The van der Waals surface area contributed by atoms with E-state index in [1.54, 1.807) is 26.0 Å². The Morgan fingerprint density at radius 2 is 1.93 bits per heavy atom. The van der Waals surface area contributed by atoms with E-state index in [2.05, 4.69) is 5.32 Å². The summed E-state index contributed by atoms with van der Waals surface area (Å²) in [4.78, 5) is 48.4. The number of hydrogen-bond donors (Lipinski definition) is 1. The highest BCUT2D eigenvalue weighted by molar-refractivity contribution is 7.16. The summed E-state index contributed by atoms with van der Waals surface area (Å²) in [5, 5.41) is 2.93. The first kappa shape index (κ1) is 20.4. The second-order valence-electron chi connectivity index (χ2n) is 5.58. The minimum atomic E-state index is -0.720. The molecular weight excluding hydrogens is 372 g/mol. The fourth-order valence-electron chi connectivity index (χ4n) is 2.25. The van der Waals surface area contributed by atoms with Gasteiger partial charge in [-0.1, -0.05) is 6.07 Å². The molecule has 0 aromatic carbocycles. The zero-order valence-electron chi connectivity index (χ0n) is 15.2. The van der Waals surface area contributed by atoms with Crippen LogP contribution in [0, 0.1) is 13.8 Å². The zero-order valence-corrected chi connectivity index (χ0v) is 16.1. The number of anilines is 1. The summed E-state index contributed by atoms with van der Waals surface area (Å²) in [6, 6.07) is 4.49. The minimum absolute atomic E-state index is 0.219. The van der Waals surface area contributed by atoms with Gasteiger partial charge in [0.1, 0.15) is 11.5 Å². The Hall–Kier alpha value is -2.94. The van der Waals surface area contributed by atoms with Crippen molar-refractivity contribution < 1.29 is 23.9 Å². The first-order chi connectivity index (χ1) is 12.8. The number of aromatic nitrogens is 1. The Labute approximate surface area is 159 Å². The average Bonchev–Trinajstić information content (AvgIpc) is 2.89. The van der Waals surface area contributed by atoms with Crippen LogP contribution < -0.4 is 10.9 Å². The van der Waals surface area contributed by atoms with Crippen LogP contribution in [0.5, 0.6) is 0 Å². The molecule has 9 heteroatoms. The summed E-state index contributed by atoms with van der Waals surface area (Å²) in [7, 11) is 0. The molecule has 0 unspecified atom stereocenters. The molecule has 0 bridgehead atoms. The number of amides is 1. The van der Waals surface area contributed by atoms with Gasteiger partial charge in [-0.25, -0.2) is 4.79 Å². The summed E-state index contributed by atoms with van der Waals surface area (Å²) in [6.07, 6.45) is 1.45. The van der Waals surface area contributed by atoms with Crippen LogP contribution in [-0.2, 0) is 25.6 Å². The molecule has 0 atom stereocenters. The molecule has 0 radical (unpaired) electrons. The van der Waals surface area contributed by atoms with Crippen LogP contribution in [0.4, 0.5) is 5.00 Å². The number of nitrogens with zero attached hydrogens (tertiary/aromatic N) is 1. The maximum absolute atomic E-state index is 12.1. The van der Waals surface area contributed by atoms with Gasteiger partial charge < -0.3 is 19.4 Å². The predicted molar refractivity (Wildman–Crippen MR) is 100 cm³/mol. The van der Waals surface area contributed by atoms with E-state index in [-0.39, 0.29) is 18.7 Å². The molecule has 8 nitrogen and oxygen atoms in total. The average molecular weight is 392 g/mol. The predicted octanol–water partition coefficient (Wildman–Crippen LogP) is 1.89. The molecule has 144 valence electrons. The third-order valence-corrected chi connectivity index (χ3v) is 4.80. The number of nitrogens with one attached hydrogen (secondary N) is 1. The van der Waals surface area contributed by atoms with Gasteiger partial charge >= 0.3 is 11.9 Å². The largest absolute Gasteiger partial charge is 0.462 e. The fraction of sp³-hybridized carbons (Fsp3) is 0.333. The van der Waals surface area contributed by atoms with E-state index in [0.717, 1.165) is 10.4 Å². The number of thiophene rings is 1. The third-order valence-electron chi connectivity index (χ3n) is 3.68. The van der Waals surface area contributed by atoms with Gasteiger partial charge in [-0.15, -0.1) is 11.3 Å². The molecular formula is C18H20N2O6S. The lowest BCUT2D eigenvalue weighted by Gasteiger charge is -2.08. The Morgan fingerprint density at radius 1 is 1.19 bits per heavy atom. The lowest BCUT2D eigenvalue weighted by Crippen LogP contribution is -2.27. The quantitative estimate of drug-likeness (QED) is 0.722. The molecule has 1 N–H and O–H groups in total. The van der Waals surface area contributed by atoms with Gasteiger partial charge in [0.2, 0.25) is 0 Å². The molecule has 0 aliphatic heterocycles. The van der Waals surface area contributed by atoms with Crippen molar-refractivity contribution in [1.82, 2.24) is 4.57 Å². The van der Waals surface area contributed by atoms with Gasteiger partial charge in [-0.3, -0.25) is 14.4 Å². The van der Waals surface area contributed by atoms with Gasteiger partial charge in [0.15, 0.2) is 6.61 Å². The molecule has 0 aliphatic carbocycles. The van der Waals surface area contributed by atoms with E-state index < -0.39 is 24.5 Å². The van der Waals surface area contributed by atoms with E-state index in [0.29, 0.717) is 10.6 Å². The molecule has 0 fully saturated rings. The van der Waals surface area contributed by atoms with Gasteiger partial charge in [-0.2, -0.15) is 0 Å². The third kappa shape index (κ3) is 5.27. The topological polar surface area (TPSA) is 104 Å². The van der Waals surface area contributed by atoms with Gasteiger partial charge in [0.25, 0.3) is 11.5 Å². The number of esters is 2. The molecule has 2 aromatic heterocycles. The summed E-state index contributed by atoms with van der Waals surface area (Å²) in [5.41, 5.74) is 0.687. The van der Waals surface area contributed by atoms with Crippen LogP contribution in [0.2, 0.25) is 0 Å². The number of ether oxygens (including phenoxy) is 2. The number of pyridine rings is 1. The number of carbonyl (C=O) groups is 3. The molecule has 27 heavy (non-hydrogen) atoms. The van der Waals surface area contributed by atoms with Crippen molar-refractivity contribution in [2.24, 2.45) is 0 Å². The van der Waals surface area contributed by atoms with Crippen LogP contribution in [0.3, 0.4) is 0 Å². The Morgan fingerprint density at radius 3 is 2.59 bits per heavy atom. The summed E-state index contributed by atoms with van der Waals surface area (Å²) in [5.74, 6) is -1.83. The first-order valence-corrected chi connectivity index (χ1v) is 9.03. The molecule has 0 spiro atoms. The van der Waals surface area contributed by atoms with Crippen molar-refractivity contribution in [3.63, 3.8) is 0 Å². The molecule has 0 aliphatic rings. The Kier molecular flexibility index (Phi) is 6.89. The first-order valence-electron chi connectivity index (χ1n) is 8.21. The lowest BCUT2D eigenvalue weighted by atomic mass is 10.1. The van der Waals surface area contributed by atoms with Gasteiger partial charge in [0, 0.05) is 17.1 Å². The van der Waals surface area contributed by atoms with Crippen LogP contribution in [-0.4, -0.2) is 35.6 Å². The van der Waals surface area contributed by atoms with Crippen molar-refractivity contribution in [1.29, 1.82) is 0 Å². The molecule has 2 aromatic rings. The Balaban J connectivity index is 1.97. The number of aryl methyl sites for hydroxylation is 1. The summed E-state index contributed by atoms with van der Waals surface area (Å²) < 4.78 is 11.1. The van der Waals surface area contributed by atoms with Crippen molar-refractivity contribution in [2.75, 3.05) is 18.5 Å². The second-order valence-corrected chi connectivity index (χ2v) is 6.81. The van der Waals surface area contributed by atoms with Crippen LogP contribution >= 0.6 is 11.3 Å². The van der Waals surface area contributed by atoms with Crippen molar-refractivity contribution in [3.8, 4) is 0 Å². The van der Waals surface area contributed by atoms with E-state index in [4.69, 9.17) is 9.47 Å². The molecule has 1 amide bonds. The lowest BCUT2D eigenvalue weighted by molar-refractivity contribution is -0.147. The highest BCUT2D eigenvalue weighted by atomic mass is 32.1. The van der Waals surface area contributed by atoms with E-state index in [1.165, 1.54) is 28.2 Å². The maximum atomic E-state index is 12.1. The molecule has 0 saturated heterocycles. The SMILES string of the molecule is CCOC(=O)c1c(NC(=O)COC(=O)Cn2ccccc2=O)sc(C)c1C. The van der Waals surface area contributed by atoms with Gasteiger partial charge in [0.05, 0.1) is 12.2 Å². The molecule has 2 rings (SSSR count). The highest BCUT2D eigenvalue weighted by Crippen LogP contribution is 2.32. The number of hydrogen-bond acceptors (Lipinski definition) is 7. The van der Waals surface area contributed by atoms with E-state index >= 15 is 0 Å². The monoisotopic (exact) mass is 392 g/mol. The van der Waals surface area contributed by atoms with E-state index in [9.17, 15) is 19.2 Å². The highest BCUT2D eigenvalue weighted by Gasteiger charge is 2.22. The van der Waals surface area contributed by atoms with Crippen molar-refractivity contribution in [3.05, 3.63) is 50.8 Å². The molecule has 0 saturated carbocycles.